The molecule has 0 aliphatic carbocycles. The molecule has 0 aliphatic heterocycles. The number of nitrogens with one attached hydrogen (secondary N) is 1. The standard InChI is InChI=1S/C19H27N5/c1-5-6-9-17-19(18-10-7-8-13-24(18)23-17)16(20)11-12-21-15(4)22-14(2)3/h7-8,10-14,22H,4-6,9,20H2,1-3H3/b16-11-,21-12-. The van der Waals surface area contributed by atoms with Crippen LogP contribution in [0.15, 0.2) is 47.9 Å². The molecule has 0 fully saturated rings. The van der Waals surface area contributed by atoms with Crippen LogP contribution < -0.4 is 11.1 Å². The molecule has 0 aliphatic rings. The molecular weight excluding hydrogens is 298 g/mol. The van der Waals surface area contributed by atoms with Crippen molar-refractivity contribution in [3.8, 4) is 0 Å². The molecule has 3 N–H and O–H groups in total. The lowest BCUT2D eigenvalue weighted by molar-refractivity contribution is 0.666. The molecule has 0 radical (unpaired) electrons. The smallest absolute Gasteiger partial charge is 0.118 e. The van der Waals surface area contributed by atoms with Gasteiger partial charge >= 0.3 is 0 Å². The first-order valence-corrected chi connectivity index (χ1v) is 8.44. The molecule has 0 saturated carbocycles. The Morgan fingerprint density at radius 3 is 2.96 bits per heavy atom. The number of nitrogens with two attached hydrogens (primary N) is 1. The zero-order valence-corrected chi connectivity index (χ0v) is 14.8. The summed E-state index contributed by atoms with van der Waals surface area (Å²) in [7, 11) is 0. The average molecular weight is 325 g/mol. The molecule has 24 heavy (non-hydrogen) atoms. The maximum atomic E-state index is 6.33. The third-order valence-corrected chi connectivity index (χ3v) is 3.61. The zero-order valence-electron chi connectivity index (χ0n) is 14.8. The van der Waals surface area contributed by atoms with E-state index in [-0.39, 0.29) is 0 Å². The average Bonchev–Trinajstić information content (AvgIpc) is 2.90. The predicted octanol–water partition coefficient (Wildman–Crippen LogP) is 3.52. The Bertz CT molecular complexity index is 752. The first kappa shape index (κ1) is 17.8. The number of rotatable bonds is 8. The fourth-order valence-electron chi connectivity index (χ4n) is 2.54. The van der Waals surface area contributed by atoms with Crippen molar-refractivity contribution in [3.63, 3.8) is 0 Å². The number of aryl methyl sites for hydroxylation is 1. The monoisotopic (exact) mass is 325 g/mol. The number of pyridine rings is 1. The predicted molar refractivity (Wildman–Crippen MR) is 102 cm³/mol. The van der Waals surface area contributed by atoms with Crippen LogP contribution in [0, 0.1) is 0 Å². The van der Waals surface area contributed by atoms with Crippen molar-refractivity contribution in [2.45, 2.75) is 46.1 Å². The summed E-state index contributed by atoms with van der Waals surface area (Å²) in [5, 5.41) is 7.82. The van der Waals surface area contributed by atoms with Crippen LogP contribution in [-0.4, -0.2) is 21.9 Å². The van der Waals surface area contributed by atoms with E-state index in [4.69, 9.17) is 5.73 Å². The van der Waals surface area contributed by atoms with Crippen molar-refractivity contribution in [3.05, 3.63) is 54.1 Å². The Kier molecular flexibility index (Phi) is 6.18. The van der Waals surface area contributed by atoms with E-state index >= 15 is 0 Å². The molecule has 0 amide bonds. The minimum Gasteiger partial charge on any atom is -0.398 e. The maximum Gasteiger partial charge on any atom is 0.118 e. The maximum absolute atomic E-state index is 6.33. The Balaban J connectivity index is 2.29. The Morgan fingerprint density at radius 1 is 1.46 bits per heavy atom. The summed E-state index contributed by atoms with van der Waals surface area (Å²) in [5.41, 5.74) is 10.1. The van der Waals surface area contributed by atoms with Crippen LogP contribution in [0.2, 0.25) is 0 Å². The van der Waals surface area contributed by atoms with Gasteiger partial charge in [-0.05, 0) is 44.9 Å². The lowest BCUT2D eigenvalue weighted by Crippen LogP contribution is -2.20. The molecule has 5 nitrogen and oxygen atoms in total. The molecule has 0 atom stereocenters. The summed E-state index contributed by atoms with van der Waals surface area (Å²) < 4.78 is 1.89. The number of aliphatic imine (C=N–C) groups is 1. The van der Waals surface area contributed by atoms with Crippen LogP contribution in [0.25, 0.3) is 11.2 Å². The van der Waals surface area contributed by atoms with Gasteiger partial charge < -0.3 is 11.1 Å². The van der Waals surface area contributed by atoms with E-state index in [2.05, 4.69) is 28.9 Å². The number of nitrogens with zero attached hydrogens (tertiary/aromatic N) is 3. The molecule has 0 spiro atoms. The molecular formula is C19H27N5. The van der Waals surface area contributed by atoms with Crippen LogP contribution in [0.3, 0.4) is 0 Å². The first-order valence-electron chi connectivity index (χ1n) is 8.44. The number of unbranched alkanes of at least 4 members (excludes halogenated alkanes) is 1. The van der Waals surface area contributed by atoms with Gasteiger partial charge in [-0.2, -0.15) is 5.10 Å². The summed E-state index contributed by atoms with van der Waals surface area (Å²) >= 11 is 0. The van der Waals surface area contributed by atoms with Crippen LogP contribution in [0.1, 0.15) is 44.9 Å². The second-order valence-corrected chi connectivity index (χ2v) is 6.10. The van der Waals surface area contributed by atoms with Gasteiger partial charge in [0.15, 0.2) is 0 Å². The van der Waals surface area contributed by atoms with E-state index in [1.807, 2.05) is 48.8 Å². The topological polar surface area (TPSA) is 67.7 Å². The van der Waals surface area contributed by atoms with Crippen LogP contribution in [0.4, 0.5) is 0 Å². The molecule has 0 aromatic carbocycles. The van der Waals surface area contributed by atoms with E-state index in [1.165, 1.54) is 0 Å². The quantitative estimate of drug-likeness (QED) is 0.730. The van der Waals surface area contributed by atoms with E-state index in [0.29, 0.717) is 17.6 Å². The first-order chi connectivity index (χ1) is 11.5. The van der Waals surface area contributed by atoms with E-state index in [9.17, 15) is 0 Å². The lowest BCUT2D eigenvalue weighted by atomic mass is 10.1. The second kappa shape index (κ2) is 8.34. The van der Waals surface area contributed by atoms with Crippen molar-refractivity contribution in [1.82, 2.24) is 14.9 Å². The fraction of sp³-hybridized carbons (Fsp3) is 0.368. The number of aromatic nitrogens is 2. The van der Waals surface area contributed by atoms with E-state index in [0.717, 1.165) is 36.0 Å². The van der Waals surface area contributed by atoms with E-state index < -0.39 is 0 Å². The van der Waals surface area contributed by atoms with E-state index in [1.54, 1.807) is 6.21 Å². The summed E-state index contributed by atoms with van der Waals surface area (Å²) in [5.74, 6) is 0.625. The van der Waals surface area contributed by atoms with Gasteiger partial charge in [0.05, 0.1) is 11.2 Å². The van der Waals surface area contributed by atoms with Gasteiger partial charge in [-0.25, -0.2) is 9.51 Å². The van der Waals surface area contributed by atoms with Gasteiger partial charge in [-0.15, -0.1) is 0 Å². The highest BCUT2D eigenvalue weighted by molar-refractivity contribution is 5.88. The third-order valence-electron chi connectivity index (χ3n) is 3.61. The van der Waals surface area contributed by atoms with Crippen molar-refractivity contribution in [1.29, 1.82) is 0 Å². The van der Waals surface area contributed by atoms with Gasteiger partial charge in [0.2, 0.25) is 0 Å². The SMILES string of the molecule is C=C(/N=C\C=C(/N)c1c(CCCC)nn2ccccc12)NC(C)C. The zero-order chi connectivity index (χ0) is 17.5. The molecule has 2 aromatic rings. The third kappa shape index (κ3) is 4.47. The molecule has 2 rings (SSSR count). The van der Waals surface area contributed by atoms with Crippen molar-refractivity contribution >= 4 is 17.4 Å². The normalized spacial score (nSPS) is 12.4. The fourth-order valence-corrected chi connectivity index (χ4v) is 2.54. The summed E-state index contributed by atoms with van der Waals surface area (Å²) in [6, 6.07) is 6.31. The molecule has 0 unspecified atom stereocenters. The van der Waals surface area contributed by atoms with Gasteiger partial charge in [0, 0.05) is 29.7 Å². The number of hydrogen-bond donors (Lipinski definition) is 2. The summed E-state index contributed by atoms with van der Waals surface area (Å²) in [4.78, 5) is 4.27. The Hall–Kier alpha value is -2.56. The van der Waals surface area contributed by atoms with Crippen LogP contribution in [-0.2, 0) is 6.42 Å². The van der Waals surface area contributed by atoms with Gasteiger partial charge in [0.25, 0.3) is 0 Å². The molecule has 0 bridgehead atoms. The molecule has 2 heterocycles. The minimum atomic E-state index is 0.302. The largest absolute Gasteiger partial charge is 0.398 e. The Morgan fingerprint density at radius 2 is 2.25 bits per heavy atom. The summed E-state index contributed by atoms with van der Waals surface area (Å²) in [6.45, 7) is 10.1. The Labute approximate surface area is 144 Å². The second-order valence-electron chi connectivity index (χ2n) is 6.10. The highest BCUT2D eigenvalue weighted by Crippen LogP contribution is 2.22. The number of allylic oxidation sites excluding steroid dienone is 1. The molecule has 128 valence electrons. The van der Waals surface area contributed by atoms with Crippen molar-refractivity contribution in [2.24, 2.45) is 10.7 Å². The number of fused-ring (bicyclic) bond motifs is 1. The molecule has 0 saturated heterocycles. The highest BCUT2D eigenvalue weighted by Gasteiger charge is 2.13. The lowest BCUT2D eigenvalue weighted by Gasteiger charge is -2.07. The highest BCUT2D eigenvalue weighted by atomic mass is 15.2. The van der Waals surface area contributed by atoms with Gasteiger partial charge in [-0.3, -0.25) is 0 Å². The molecule has 2 aromatic heterocycles. The van der Waals surface area contributed by atoms with Gasteiger partial charge in [-0.1, -0.05) is 26.0 Å². The van der Waals surface area contributed by atoms with Crippen molar-refractivity contribution < 1.29 is 0 Å². The van der Waals surface area contributed by atoms with Crippen LogP contribution >= 0.6 is 0 Å². The number of hydrogen-bond acceptors (Lipinski definition) is 4. The van der Waals surface area contributed by atoms with Crippen molar-refractivity contribution in [2.75, 3.05) is 0 Å². The van der Waals surface area contributed by atoms with Gasteiger partial charge in [0.1, 0.15) is 5.82 Å². The van der Waals surface area contributed by atoms with Crippen LogP contribution in [0.5, 0.6) is 0 Å². The minimum absolute atomic E-state index is 0.302. The summed E-state index contributed by atoms with van der Waals surface area (Å²) in [6.07, 6.45) is 8.58. The molecule has 5 heteroatoms.